The Bertz CT molecular complexity index is 1320. The second-order valence-corrected chi connectivity index (χ2v) is 9.22. The highest BCUT2D eigenvalue weighted by molar-refractivity contribution is 5.95. The van der Waals surface area contributed by atoms with E-state index in [1.807, 2.05) is 0 Å². The van der Waals surface area contributed by atoms with Crippen molar-refractivity contribution >= 4 is 11.6 Å². The van der Waals surface area contributed by atoms with Crippen LogP contribution in [0.15, 0.2) is 55.0 Å². The molecule has 0 fully saturated rings. The van der Waals surface area contributed by atoms with Gasteiger partial charge in [-0.3, -0.25) is 4.79 Å². The van der Waals surface area contributed by atoms with Gasteiger partial charge in [0.05, 0.1) is 32.1 Å². The standard InChI is InChI=1S/C26H25F6N3O4/c1-34-13-18(33-15-34)11-23(36)35-14-21(39-20-5-3-4-19(12-20)38-2)8-6-16-10-17(7-9-22(16)35)24(37,25(27,28)29)26(30,31)32/h3-5,7,9-10,12-13,15,21,37H,6,8,11,14H2,1-2H3/t21-/m0/s1. The molecule has 2 heterocycles. The predicted molar refractivity (Wildman–Crippen MR) is 127 cm³/mol. The average molecular weight is 557 g/mol. The summed E-state index contributed by atoms with van der Waals surface area (Å²) in [5.74, 6) is 0.438. The molecule has 0 aliphatic carbocycles. The van der Waals surface area contributed by atoms with Crippen molar-refractivity contribution in [3.05, 3.63) is 71.8 Å². The minimum Gasteiger partial charge on any atom is -0.497 e. The predicted octanol–water partition coefficient (Wildman–Crippen LogP) is 4.71. The smallest absolute Gasteiger partial charge is 0.430 e. The number of imidazole rings is 1. The van der Waals surface area contributed by atoms with Gasteiger partial charge in [0, 0.05) is 30.6 Å². The van der Waals surface area contributed by atoms with Gasteiger partial charge in [-0.15, -0.1) is 0 Å². The van der Waals surface area contributed by atoms with Crippen LogP contribution in [0.2, 0.25) is 0 Å². The monoisotopic (exact) mass is 557 g/mol. The number of carbonyl (C=O) groups is 1. The molecule has 1 N–H and O–H groups in total. The quantitative estimate of drug-likeness (QED) is 0.445. The van der Waals surface area contributed by atoms with Crippen molar-refractivity contribution in [2.24, 2.45) is 7.05 Å². The van der Waals surface area contributed by atoms with Crippen LogP contribution in [0.25, 0.3) is 0 Å². The van der Waals surface area contributed by atoms with E-state index in [9.17, 15) is 36.2 Å². The summed E-state index contributed by atoms with van der Waals surface area (Å²) in [5, 5.41) is 9.92. The first-order chi connectivity index (χ1) is 18.2. The van der Waals surface area contributed by atoms with Crippen LogP contribution in [-0.4, -0.2) is 52.7 Å². The number of ether oxygens (including phenoxy) is 2. The maximum Gasteiger partial charge on any atom is 0.430 e. The van der Waals surface area contributed by atoms with Crippen LogP contribution in [0.3, 0.4) is 0 Å². The lowest BCUT2D eigenvalue weighted by molar-refractivity contribution is -0.376. The summed E-state index contributed by atoms with van der Waals surface area (Å²) < 4.78 is 94.1. The minimum absolute atomic E-state index is 0.0169. The van der Waals surface area contributed by atoms with Crippen LogP contribution in [0.4, 0.5) is 32.0 Å². The number of amides is 1. The number of alkyl halides is 6. The van der Waals surface area contributed by atoms with E-state index in [-0.39, 0.29) is 37.1 Å². The van der Waals surface area contributed by atoms with Gasteiger partial charge >= 0.3 is 12.4 Å². The molecule has 1 atom stereocenters. The number of methoxy groups -OCH3 is 1. The van der Waals surface area contributed by atoms with Gasteiger partial charge in [0.2, 0.25) is 5.91 Å². The summed E-state index contributed by atoms with van der Waals surface area (Å²) in [6, 6.07) is 8.86. The van der Waals surface area contributed by atoms with Crippen LogP contribution in [-0.2, 0) is 30.3 Å². The molecule has 1 aliphatic heterocycles. The molecule has 0 saturated heterocycles. The second kappa shape index (κ2) is 10.4. The molecule has 210 valence electrons. The van der Waals surface area contributed by atoms with E-state index < -0.39 is 35.5 Å². The fourth-order valence-corrected chi connectivity index (χ4v) is 4.48. The van der Waals surface area contributed by atoms with Gasteiger partial charge in [-0.25, -0.2) is 4.98 Å². The van der Waals surface area contributed by atoms with Crippen LogP contribution in [0.5, 0.6) is 11.5 Å². The Balaban J connectivity index is 1.73. The summed E-state index contributed by atoms with van der Waals surface area (Å²) in [7, 11) is 3.18. The molecule has 1 amide bonds. The molecule has 0 saturated carbocycles. The van der Waals surface area contributed by atoms with Gasteiger partial charge in [-0.1, -0.05) is 18.2 Å². The zero-order valence-corrected chi connectivity index (χ0v) is 20.9. The third-order valence-corrected chi connectivity index (χ3v) is 6.47. The molecule has 1 aliphatic rings. The van der Waals surface area contributed by atoms with Crippen molar-refractivity contribution in [2.75, 3.05) is 18.6 Å². The molecule has 0 radical (unpaired) electrons. The fourth-order valence-electron chi connectivity index (χ4n) is 4.48. The minimum atomic E-state index is -6.03. The Morgan fingerprint density at radius 3 is 2.38 bits per heavy atom. The number of carbonyl (C=O) groups excluding carboxylic acids is 1. The molecule has 0 unspecified atom stereocenters. The summed E-state index contributed by atoms with van der Waals surface area (Å²) in [5.41, 5.74) is -5.88. The number of fused-ring (bicyclic) bond motifs is 1. The molecule has 3 aromatic rings. The van der Waals surface area contributed by atoms with Gasteiger partial charge in [0.15, 0.2) is 0 Å². The van der Waals surface area contributed by atoms with Crippen LogP contribution in [0.1, 0.15) is 23.2 Å². The maximum absolute atomic E-state index is 13.5. The third-order valence-electron chi connectivity index (χ3n) is 6.47. The van der Waals surface area contributed by atoms with Gasteiger partial charge in [0.1, 0.15) is 17.6 Å². The van der Waals surface area contributed by atoms with Gasteiger partial charge in [-0.05, 0) is 36.6 Å². The van der Waals surface area contributed by atoms with E-state index in [0.717, 1.165) is 6.07 Å². The Morgan fingerprint density at radius 2 is 1.77 bits per heavy atom. The first-order valence-corrected chi connectivity index (χ1v) is 11.8. The molecular formula is C26H25F6N3O4. The van der Waals surface area contributed by atoms with Crippen LogP contribution >= 0.6 is 0 Å². The lowest BCUT2D eigenvalue weighted by atomic mass is 9.89. The van der Waals surface area contributed by atoms with E-state index in [2.05, 4.69) is 4.98 Å². The number of aryl methyl sites for hydroxylation is 2. The molecule has 1 aromatic heterocycles. The number of rotatable bonds is 6. The zero-order valence-electron chi connectivity index (χ0n) is 20.9. The summed E-state index contributed by atoms with van der Waals surface area (Å²) in [6.45, 7) is -0.0297. The number of hydrogen-bond donors (Lipinski definition) is 1. The van der Waals surface area contributed by atoms with Crippen molar-refractivity contribution in [1.82, 2.24) is 9.55 Å². The second-order valence-electron chi connectivity index (χ2n) is 9.22. The van der Waals surface area contributed by atoms with E-state index in [4.69, 9.17) is 9.47 Å². The summed E-state index contributed by atoms with van der Waals surface area (Å²) in [4.78, 5) is 18.8. The SMILES string of the molecule is COc1cccc(O[C@H]2CCc3cc(C(O)(C(F)(F)F)C(F)(F)F)ccc3N(C(=O)Cc3cn(C)cn3)C2)c1. The number of nitrogens with zero attached hydrogens (tertiary/aromatic N) is 3. The molecule has 4 rings (SSSR count). The highest BCUT2D eigenvalue weighted by Gasteiger charge is 2.71. The largest absolute Gasteiger partial charge is 0.497 e. The first kappa shape index (κ1) is 28.3. The number of aliphatic hydroxyl groups is 1. The van der Waals surface area contributed by atoms with E-state index in [0.29, 0.717) is 29.3 Å². The number of hydrogen-bond acceptors (Lipinski definition) is 5. The number of aromatic nitrogens is 2. The molecule has 13 heteroatoms. The van der Waals surface area contributed by atoms with Crippen molar-refractivity contribution in [3.63, 3.8) is 0 Å². The highest BCUT2D eigenvalue weighted by atomic mass is 19.4. The molecule has 0 bridgehead atoms. The number of halogens is 6. The van der Waals surface area contributed by atoms with Crippen LogP contribution < -0.4 is 14.4 Å². The average Bonchev–Trinajstić information content (AvgIpc) is 3.18. The Hall–Kier alpha value is -3.74. The Kier molecular flexibility index (Phi) is 7.57. The zero-order chi connectivity index (χ0) is 28.6. The van der Waals surface area contributed by atoms with Gasteiger partial charge in [-0.2, -0.15) is 26.3 Å². The van der Waals surface area contributed by atoms with E-state index >= 15 is 0 Å². The number of anilines is 1. The van der Waals surface area contributed by atoms with Crippen molar-refractivity contribution in [1.29, 1.82) is 0 Å². The molecule has 39 heavy (non-hydrogen) atoms. The molecule has 2 aromatic carbocycles. The van der Waals surface area contributed by atoms with Crippen molar-refractivity contribution in [2.45, 2.75) is 43.3 Å². The Labute approximate surface area is 219 Å². The fraction of sp³-hybridized carbons (Fsp3) is 0.385. The topological polar surface area (TPSA) is 76.8 Å². The maximum atomic E-state index is 13.5. The lowest BCUT2D eigenvalue weighted by Gasteiger charge is -2.33. The summed E-state index contributed by atoms with van der Waals surface area (Å²) in [6.07, 6.45) is -9.62. The van der Waals surface area contributed by atoms with Crippen molar-refractivity contribution < 1.29 is 45.7 Å². The normalized spacial score (nSPS) is 16.4. The summed E-state index contributed by atoms with van der Waals surface area (Å²) >= 11 is 0. The van der Waals surface area contributed by atoms with Crippen LogP contribution in [0, 0.1) is 0 Å². The highest BCUT2D eigenvalue weighted by Crippen LogP contribution is 2.50. The molecule has 0 spiro atoms. The lowest BCUT2D eigenvalue weighted by Crippen LogP contribution is -2.54. The first-order valence-electron chi connectivity index (χ1n) is 11.8. The number of benzene rings is 2. The van der Waals surface area contributed by atoms with Crippen molar-refractivity contribution in [3.8, 4) is 11.5 Å². The van der Waals surface area contributed by atoms with Gasteiger partial charge < -0.3 is 24.0 Å². The van der Waals surface area contributed by atoms with E-state index in [1.165, 1.54) is 18.3 Å². The van der Waals surface area contributed by atoms with Gasteiger partial charge in [0.25, 0.3) is 5.60 Å². The molecular weight excluding hydrogens is 532 g/mol. The third kappa shape index (κ3) is 5.68. The molecule has 7 nitrogen and oxygen atoms in total. The Morgan fingerprint density at radius 1 is 1.08 bits per heavy atom. The van der Waals surface area contributed by atoms with E-state index in [1.54, 1.807) is 42.1 Å².